The molecule has 1 atom stereocenters. The predicted octanol–water partition coefficient (Wildman–Crippen LogP) is 3.67. The van der Waals surface area contributed by atoms with E-state index in [1.165, 1.54) is 36.3 Å². The lowest BCUT2D eigenvalue weighted by Gasteiger charge is -2.25. The number of rotatable bonds is 5. The third kappa shape index (κ3) is 3.43. The maximum absolute atomic E-state index is 13.2. The number of benzene rings is 2. The number of halogens is 1. The Labute approximate surface area is 156 Å². The van der Waals surface area contributed by atoms with Gasteiger partial charge in [-0.25, -0.2) is 4.39 Å². The highest BCUT2D eigenvalue weighted by Crippen LogP contribution is 2.40. The molecule has 0 bridgehead atoms. The second-order valence-corrected chi connectivity index (χ2v) is 6.28. The average molecular weight is 369 g/mol. The summed E-state index contributed by atoms with van der Waals surface area (Å²) in [5.41, 5.74) is 0.928. The normalized spacial score (nSPS) is 18.8. The lowest BCUT2D eigenvalue weighted by atomic mass is 9.95. The van der Waals surface area contributed by atoms with Crippen molar-refractivity contribution in [2.75, 3.05) is 13.7 Å². The molecular formula is C21H20FNO4. The van der Waals surface area contributed by atoms with Gasteiger partial charge in [0, 0.05) is 12.1 Å². The SMILES string of the molecule is CCCN1C(=O)C(=O)/C(=C(\O)c2ccc(F)cc2)C1c1cccc(OC)c1. The fourth-order valence-electron chi connectivity index (χ4n) is 3.27. The Morgan fingerprint density at radius 3 is 2.52 bits per heavy atom. The molecule has 2 aromatic carbocycles. The third-order valence-corrected chi connectivity index (χ3v) is 4.53. The number of ether oxygens (including phenoxy) is 1. The van der Waals surface area contributed by atoms with Crippen LogP contribution in [0.25, 0.3) is 5.76 Å². The van der Waals surface area contributed by atoms with Crippen molar-refractivity contribution < 1.29 is 23.8 Å². The van der Waals surface area contributed by atoms with Crippen LogP contribution in [0.15, 0.2) is 54.1 Å². The number of hydrogen-bond donors (Lipinski definition) is 1. The summed E-state index contributed by atoms with van der Waals surface area (Å²) in [7, 11) is 1.53. The number of carbonyl (C=O) groups is 2. The molecular weight excluding hydrogens is 349 g/mol. The Morgan fingerprint density at radius 2 is 1.89 bits per heavy atom. The zero-order chi connectivity index (χ0) is 19.6. The van der Waals surface area contributed by atoms with Crippen LogP contribution in [0.4, 0.5) is 4.39 Å². The lowest BCUT2D eigenvalue weighted by molar-refractivity contribution is -0.139. The molecule has 3 rings (SSSR count). The van der Waals surface area contributed by atoms with Crippen molar-refractivity contribution in [3.63, 3.8) is 0 Å². The number of likely N-dealkylation sites (tertiary alicyclic amines) is 1. The van der Waals surface area contributed by atoms with E-state index in [1.54, 1.807) is 24.3 Å². The number of carbonyl (C=O) groups excluding carboxylic acids is 2. The molecule has 2 aromatic rings. The molecule has 1 N–H and O–H groups in total. The summed E-state index contributed by atoms with van der Waals surface area (Å²) in [6, 6.07) is 11.4. The van der Waals surface area contributed by atoms with Crippen LogP contribution in [-0.2, 0) is 9.59 Å². The van der Waals surface area contributed by atoms with Crippen molar-refractivity contribution in [3.05, 3.63) is 71.0 Å². The van der Waals surface area contributed by atoms with Gasteiger partial charge in [0.25, 0.3) is 11.7 Å². The minimum Gasteiger partial charge on any atom is -0.507 e. The van der Waals surface area contributed by atoms with Gasteiger partial charge >= 0.3 is 0 Å². The number of nitrogens with zero attached hydrogens (tertiary/aromatic N) is 1. The highest BCUT2D eigenvalue weighted by atomic mass is 19.1. The smallest absolute Gasteiger partial charge is 0.295 e. The van der Waals surface area contributed by atoms with Crippen LogP contribution in [0.3, 0.4) is 0 Å². The first-order valence-corrected chi connectivity index (χ1v) is 8.66. The van der Waals surface area contributed by atoms with Gasteiger partial charge in [0.1, 0.15) is 17.3 Å². The Kier molecular flexibility index (Phi) is 5.26. The van der Waals surface area contributed by atoms with Crippen molar-refractivity contribution in [3.8, 4) is 5.75 Å². The summed E-state index contributed by atoms with van der Waals surface area (Å²) in [6.45, 7) is 2.27. The van der Waals surface area contributed by atoms with Gasteiger partial charge in [-0.1, -0.05) is 19.1 Å². The van der Waals surface area contributed by atoms with Gasteiger partial charge in [-0.2, -0.15) is 0 Å². The van der Waals surface area contributed by atoms with Crippen molar-refractivity contribution in [2.24, 2.45) is 0 Å². The molecule has 1 aliphatic heterocycles. The van der Waals surface area contributed by atoms with Crippen LogP contribution in [-0.4, -0.2) is 35.4 Å². The molecule has 1 fully saturated rings. The molecule has 1 aliphatic rings. The summed E-state index contributed by atoms with van der Waals surface area (Å²) in [6.07, 6.45) is 0.657. The molecule has 0 spiro atoms. The number of hydrogen-bond acceptors (Lipinski definition) is 4. The molecule has 140 valence electrons. The summed E-state index contributed by atoms with van der Waals surface area (Å²) >= 11 is 0. The molecule has 1 heterocycles. The summed E-state index contributed by atoms with van der Waals surface area (Å²) in [5, 5.41) is 10.8. The zero-order valence-electron chi connectivity index (χ0n) is 15.1. The number of ketones is 1. The minimum absolute atomic E-state index is 0.00619. The molecule has 1 saturated heterocycles. The van der Waals surface area contributed by atoms with Crippen LogP contribution >= 0.6 is 0 Å². The summed E-state index contributed by atoms with van der Waals surface area (Å²) in [4.78, 5) is 26.7. The molecule has 0 aromatic heterocycles. The minimum atomic E-state index is -0.752. The summed E-state index contributed by atoms with van der Waals surface area (Å²) in [5.74, 6) is -1.61. The largest absolute Gasteiger partial charge is 0.507 e. The third-order valence-electron chi connectivity index (χ3n) is 4.53. The number of Topliss-reactive ketones (excluding diaryl/α,β-unsaturated/α-hetero) is 1. The summed E-state index contributed by atoms with van der Waals surface area (Å²) < 4.78 is 18.5. The van der Waals surface area contributed by atoms with E-state index in [2.05, 4.69) is 0 Å². The van der Waals surface area contributed by atoms with Crippen LogP contribution in [0.1, 0.15) is 30.5 Å². The topological polar surface area (TPSA) is 66.8 Å². The highest BCUT2D eigenvalue weighted by molar-refractivity contribution is 6.46. The van der Waals surface area contributed by atoms with Gasteiger partial charge in [-0.05, 0) is 48.4 Å². The first kappa shape index (κ1) is 18.6. The Hall–Kier alpha value is -3.15. The average Bonchev–Trinajstić information content (AvgIpc) is 2.93. The first-order valence-electron chi connectivity index (χ1n) is 8.66. The van der Waals surface area contributed by atoms with E-state index in [0.717, 1.165) is 0 Å². The van der Waals surface area contributed by atoms with Crippen molar-refractivity contribution in [1.29, 1.82) is 0 Å². The number of aliphatic hydroxyl groups is 1. The molecule has 0 radical (unpaired) electrons. The molecule has 6 heteroatoms. The quantitative estimate of drug-likeness (QED) is 0.496. The van der Waals surface area contributed by atoms with E-state index in [0.29, 0.717) is 24.3 Å². The molecule has 0 aliphatic carbocycles. The van der Waals surface area contributed by atoms with Gasteiger partial charge in [0.2, 0.25) is 0 Å². The van der Waals surface area contributed by atoms with Gasteiger partial charge in [0.15, 0.2) is 0 Å². The van der Waals surface area contributed by atoms with E-state index in [-0.39, 0.29) is 16.9 Å². The van der Waals surface area contributed by atoms with Crippen molar-refractivity contribution in [2.45, 2.75) is 19.4 Å². The van der Waals surface area contributed by atoms with Gasteiger partial charge in [-0.15, -0.1) is 0 Å². The maximum Gasteiger partial charge on any atom is 0.295 e. The fourth-order valence-corrected chi connectivity index (χ4v) is 3.27. The van der Waals surface area contributed by atoms with E-state index in [9.17, 15) is 19.1 Å². The van der Waals surface area contributed by atoms with Gasteiger partial charge in [-0.3, -0.25) is 9.59 Å². The number of aliphatic hydroxyl groups excluding tert-OH is 1. The standard InChI is InChI=1S/C21H20FNO4/c1-3-11-23-18(14-5-4-6-16(12-14)27-2)17(20(25)21(23)26)19(24)13-7-9-15(22)10-8-13/h4-10,12,18,24H,3,11H2,1-2H3/b19-17-. The fraction of sp³-hybridized carbons (Fsp3) is 0.238. The monoisotopic (exact) mass is 369 g/mol. The molecule has 1 amide bonds. The number of methoxy groups -OCH3 is 1. The number of amides is 1. The Bertz CT molecular complexity index is 905. The van der Waals surface area contributed by atoms with E-state index in [4.69, 9.17) is 4.74 Å². The predicted molar refractivity (Wildman–Crippen MR) is 98.7 cm³/mol. The molecule has 27 heavy (non-hydrogen) atoms. The molecule has 1 unspecified atom stereocenters. The lowest BCUT2D eigenvalue weighted by Crippen LogP contribution is -2.30. The second-order valence-electron chi connectivity index (χ2n) is 6.28. The zero-order valence-corrected chi connectivity index (χ0v) is 15.1. The second kappa shape index (κ2) is 7.61. The van der Waals surface area contributed by atoms with Crippen LogP contribution in [0.2, 0.25) is 0 Å². The van der Waals surface area contributed by atoms with Crippen LogP contribution < -0.4 is 4.74 Å². The maximum atomic E-state index is 13.2. The highest BCUT2D eigenvalue weighted by Gasteiger charge is 2.45. The first-order chi connectivity index (χ1) is 13.0. The van der Waals surface area contributed by atoms with Crippen molar-refractivity contribution in [1.82, 2.24) is 4.90 Å². The van der Waals surface area contributed by atoms with Crippen molar-refractivity contribution >= 4 is 17.4 Å². The van der Waals surface area contributed by atoms with Gasteiger partial charge in [0.05, 0.1) is 18.7 Å². The van der Waals surface area contributed by atoms with E-state index < -0.39 is 23.5 Å². The molecule has 0 saturated carbocycles. The Balaban J connectivity index is 2.18. The van der Waals surface area contributed by atoms with E-state index in [1.807, 2.05) is 6.92 Å². The molecule has 5 nitrogen and oxygen atoms in total. The van der Waals surface area contributed by atoms with Gasteiger partial charge < -0.3 is 14.7 Å². The van der Waals surface area contributed by atoms with E-state index >= 15 is 0 Å². The van der Waals surface area contributed by atoms with Crippen LogP contribution in [0, 0.1) is 5.82 Å². The van der Waals surface area contributed by atoms with Crippen LogP contribution in [0.5, 0.6) is 5.75 Å². The Morgan fingerprint density at radius 1 is 1.19 bits per heavy atom.